The first kappa shape index (κ1) is 13.4. The van der Waals surface area contributed by atoms with Crippen LogP contribution in [0.1, 0.15) is 29.5 Å². The Morgan fingerprint density at radius 2 is 2.16 bits per heavy atom. The van der Waals surface area contributed by atoms with Crippen LogP contribution in [0.5, 0.6) is 5.75 Å². The Morgan fingerprint density at radius 3 is 2.79 bits per heavy atom. The molecule has 0 aliphatic carbocycles. The van der Waals surface area contributed by atoms with Gasteiger partial charge in [-0.25, -0.2) is 9.48 Å². The highest BCUT2D eigenvalue weighted by atomic mass is 35.5. The van der Waals surface area contributed by atoms with Crippen LogP contribution in [0.4, 0.5) is 0 Å². The average molecular weight is 281 g/mol. The lowest BCUT2D eigenvalue weighted by Crippen LogP contribution is -2.04. The van der Waals surface area contributed by atoms with E-state index in [1.54, 1.807) is 12.1 Å². The molecular formula is C13H13ClN2O3. The molecule has 1 aromatic heterocycles. The second-order valence-corrected chi connectivity index (χ2v) is 4.56. The lowest BCUT2D eigenvalue weighted by Gasteiger charge is -2.08. The summed E-state index contributed by atoms with van der Waals surface area (Å²) in [5.74, 6) is -1.10. The lowest BCUT2D eigenvalue weighted by atomic mass is 10.2. The highest BCUT2D eigenvalue weighted by molar-refractivity contribution is 6.30. The molecule has 0 atom stereocenters. The van der Waals surface area contributed by atoms with Gasteiger partial charge in [-0.3, -0.25) is 0 Å². The maximum Gasteiger partial charge on any atom is 0.356 e. The van der Waals surface area contributed by atoms with Gasteiger partial charge in [0.1, 0.15) is 11.4 Å². The molecule has 0 saturated heterocycles. The molecule has 100 valence electrons. The fourth-order valence-corrected chi connectivity index (χ4v) is 2.00. The normalized spacial score (nSPS) is 10.6. The third kappa shape index (κ3) is 2.71. The fraction of sp³-hybridized carbons (Fsp3) is 0.231. The minimum absolute atomic E-state index is 0.00166. The van der Waals surface area contributed by atoms with Gasteiger partial charge in [0.05, 0.1) is 0 Å². The monoisotopic (exact) mass is 280 g/mol. The first-order valence-corrected chi connectivity index (χ1v) is 6.22. The number of hydrogen-bond donors (Lipinski definition) is 2. The number of carboxylic acids is 1. The molecule has 1 heterocycles. The lowest BCUT2D eigenvalue weighted by molar-refractivity contribution is 0.0690. The molecular weight excluding hydrogens is 268 g/mol. The minimum atomic E-state index is -1.10. The van der Waals surface area contributed by atoms with Crippen LogP contribution in [0.15, 0.2) is 24.3 Å². The topological polar surface area (TPSA) is 75.3 Å². The first-order chi connectivity index (χ1) is 9.02. The van der Waals surface area contributed by atoms with E-state index in [0.29, 0.717) is 17.1 Å². The fourth-order valence-electron chi connectivity index (χ4n) is 1.83. The number of aryl methyl sites for hydroxylation is 1. The number of aromatic hydroxyl groups is 1. The molecule has 2 aromatic rings. The predicted octanol–water partition coefficient (Wildman–Crippen LogP) is 2.88. The van der Waals surface area contributed by atoms with Gasteiger partial charge in [0, 0.05) is 10.7 Å². The molecule has 5 nitrogen and oxygen atoms in total. The molecule has 1 aromatic carbocycles. The predicted molar refractivity (Wildman–Crippen MR) is 71.2 cm³/mol. The summed E-state index contributed by atoms with van der Waals surface area (Å²) in [6.07, 6.45) is 1.50. The first-order valence-electron chi connectivity index (χ1n) is 5.84. The van der Waals surface area contributed by atoms with Crippen molar-refractivity contribution in [2.24, 2.45) is 0 Å². The van der Waals surface area contributed by atoms with E-state index < -0.39 is 5.97 Å². The Labute approximate surface area is 115 Å². The van der Waals surface area contributed by atoms with Gasteiger partial charge in [0.2, 0.25) is 0 Å². The van der Waals surface area contributed by atoms with Gasteiger partial charge >= 0.3 is 5.97 Å². The second-order valence-electron chi connectivity index (χ2n) is 4.12. The number of aromatic carboxylic acids is 1. The molecule has 2 rings (SSSR count). The number of rotatable bonds is 4. The van der Waals surface area contributed by atoms with Crippen LogP contribution in [-0.2, 0) is 6.42 Å². The highest BCUT2D eigenvalue weighted by Crippen LogP contribution is 2.26. The standard InChI is InChI=1S/C13H13ClN2O3/c1-2-3-9-7-10(13(18)19)15-16(9)11-6-8(14)4-5-12(11)17/h4-7,17H,2-3H2,1H3,(H,18,19). The molecule has 0 fully saturated rings. The van der Waals surface area contributed by atoms with Crippen molar-refractivity contribution in [3.63, 3.8) is 0 Å². The van der Waals surface area contributed by atoms with Crippen molar-refractivity contribution in [2.75, 3.05) is 0 Å². The van der Waals surface area contributed by atoms with E-state index in [2.05, 4.69) is 5.10 Å². The molecule has 19 heavy (non-hydrogen) atoms. The quantitative estimate of drug-likeness (QED) is 0.903. The van der Waals surface area contributed by atoms with E-state index in [0.717, 1.165) is 12.1 Å². The number of nitrogens with zero attached hydrogens (tertiary/aromatic N) is 2. The molecule has 0 saturated carbocycles. The Morgan fingerprint density at radius 1 is 1.42 bits per heavy atom. The van der Waals surface area contributed by atoms with Crippen molar-refractivity contribution in [1.82, 2.24) is 9.78 Å². The van der Waals surface area contributed by atoms with Gasteiger partial charge < -0.3 is 10.2 Å². The molecule has 0 bridgehead atoms. The largest absolute Gasteiger partial charge is 0.506 e. The van der Waals surface area contributed by atoms with Crippen LogP contribution >= 0.6 is 11.6 Å². The third-order valence-electron chi connectivity index (χ3n) is 2.67. The summed E-state index contributed by atoms with van der Waals surface area (Å²) >= 11 is 5.90. The molecule has 0 spiro atoms. The molecule has 0 amide bonds. The number of phenols is 1. The maximum atomic E-state index is 11.0. The minimum Gasteiger partial charge on any atom is -0.506 e. The van der Waals surface area contributed by atoms with E-state index in [9.17, 15) is 9.90 Å². The van der Waals surface area contributed by atoms with Gasteiger partial charge in [-0.15, -0.1) is 0 Å². The van der Waals surface area contributed by atoms with Gasteiger partial charge in [0.25, 0.3) is 0 Å². The Bertz CT molecular complexity index is 622. The summed E-state index contributed by atoms with van der Waals surface area (Å²) < 4.78 is 1.42. The van der Waals surface area contributed by atoms with E-state index in [4.69, 9.17) is 16.7 Å². The van der Waals surface area contributed by atoms with E-state index in [1.807, 2.05) is 6.92 Å². The summed E-state index contributed by atoms with van der Waals surface area (Å²) in [5, 5.41) is 23.3. The SMILES string of the molecule is CCCc1cc(C(=O)O)nn1-c1cc(Cl)ccc1O. The van der Waals surface area contributed by atoms with E-state index >= 15 is 0 Å². The van der Waals surface area contributed by atoms with Gasteiger partial charge in [-0.05, 0) is 30.7 Å². The number of benzene rings is 1. The van der Waals surface area contributed by atoms with Crippen molar-refractivity contribution in [2.45, 2.75) is 19.8 Å². The number of phenolic OH excluding ortho intramolecular Hbond substituents is 1. The maximum absolute atomic E-state index is 11.0. The van der Waals surface area contributed by atoms with Crippen LogP contribution in [0, 0.1) is 0 Å². The zero-order valence-electron chi connectivity index (χ0n) is 10.3. The van der Waals surface area contributed by atoms with Crippen molar-refractivity contribution < 1.29 is 15.0 Å². The summed E-state index contributed by atoms with van der Waals surface area (Å²) in [7, 11) is 0. The van der Waals surface area contributed by atoms with Gasteiger partial charge in [-0.1, -0.05) is 24.9 Å². The molecule has 0 radical (unpaired) electrons. The number of hydrogen-bond acceptors (Lipinski definition) is 3. The summed E-state index contributed by atoms with van der Waals surface area (Å²) in [5.41, 5.74) is 1.05. The Hall–Kier alpha value is -2.01. The third-order valence-corrected chi connectivity index (χ3v) is 2.91. The number of aromatic nitrogens is 2. The smallest absolute Gasteiger partial charge is 0.356 e. The number of halogens is 1. The summed E-state index contributed by atoms with van der Waals surface area (Å²) in [6, 6.07) is 6.07. The van der Waals surface area contributed by atoms with Crippen molar-refractivity contribution >= 4 is 17.6 Å². The van der Waals surface area contributed by atoms with Crippen LogP contribution in [-0.4, -0.2) is 26.0 Å². The second kappa shape index (κ2) is 5.32. The average Bonchev–Trinajstić information content (AvgIpc) is 2.77. The van der Waals surface area contributed by atoms with Crippen LogP contribution in [0.25, 0.3) is 5.69 Å². The van der Waals surface area contributed by atoms with Crippen molar-refractivity contribution in [3.8, 4) is 11.4 Å². The molecule has 0 unspecified atom stereocenters. The summed E-state index contributed by atoms with van der Waals surface area (Å²) in [4.78, 5) is 11.0. The molecule has 2 N–H and O–H groups in total. The van der Waals surface area contributed by atoms with Gasteiger partial charge in [-0.2, -0.15) is 5.10 Å². The van der Waals surface area contributed by atoms with E-state index in [1.165, 1.54) is 16.8 Å². The number of carboxylic acid groups (broad SMARTS) is 1. The Kier molecular flexibility index (Phi) is 3.76. The highest BCUT2D eigenvalue weighted by Gasteiger charge is 2.16. The van der Waals surface area contributed by atoms with E-state index in [-0.39, 0.29) is 11.4 Å². The van der Waals surface area contributed by atoms with Crippen molar-refractivity contribution in [3.05, 3.63) is 40.7 Å². The van der Waals surface area contributed by atoms with Crippen LogP contribution in [0.2, 0.25) is 5.02 Å². The zero-order chi connectivity index (χ0) is 14.0. The zero-order valence-corrected chi connectivity index (χ0v) is 11.1. The molecule has 0 aliphatic rings. The van der Waals surface area contributed by atoms with Crippen molar-refractivity contribution in [1.29, 1.82) is 0 Å². The summed E-state index contributed by atoms with van der Waals surface area (Å²) in [6.45, 7) is 1.98. The van der Waals surface area contributed by atoms with Gasteiger partial charge in [0.15, 0.2) is 5.69 Å². The Balaban J connectivity index is 2.59. The molecule has 0 aliphatic heterocycles. The van der Waals surface area contributed by atoms with Crippen LogP contribution in [0.3, 0.4) is 0 Å². The number of carbonyl (C=O) groups is 1. The van der Waals surface area contributed by atoms with Crippen LogP contribution < -0.4 is 0 Å². The molecule has 6 heteroatoms.